The molecule has 2 aromatic rings. The highest BCUT2D eigenvalue weighted by Gasteiger charge is 2.27. The van der Waals surface area contributed by atoms with Gasteiger partial charge in [-0.25, -0.2) is 0 Å². The number of nitrogen functional groups attached to an aromatic ring is 2. The summed E-state index contributed by atoms with van der Waals surface area (Å²) in [5.74, 6) is -0.817. The number of aromatic hydroxyl groups is 1. The monoisotopic (exact) mass is 334 g/mol. The Morgan fingerprint density at radius 3 is 1.95 bits per heavy atom. The molecule has 0 atom stereocenters. The fraction of sp³-hybridized carbons (Fsp3) is 0. The first-order chi connectivity index (χ1) is 9.46. The van der Waals surface area contributed by atoms with E-state index < -0.39 is 57.9 Å². The van der Waals surface area contributed by atoms with Gasteiger partial charge in [0.25, 0.3) is 20.2 Å². The predicted molar refractivity (Wildman–Crippen MR) is 74.1 cm³/mol. The van der Waals surface area contributed by atoms with Crippen LogP contribution >= 0.6 is 0 Å². The molecule has 11 heteroatoms. The van der Waals surface area contributed by atoms with Gasteiger partial charge in [0, 0.05) is 10.8 Å². The Hall–Kier alpha value is -2.08. The molecule has 2 rings (SSSR count). The number of phenolic OH excluding ortho intramolecular Hbond substituents is 1. The van der Waals surface area contributed by atoms with E-state index in [1.54, 1.807) is 0 Å². The second-order valence-corrected chi connectivity index (χ2v) is 6.88. The molecular formula is C10H10N2O7S2. The molecule has 0 aliphatic carbocycles. The molecule has 2 aromatic carbocycles. The molecule has 0 saturated heterocycles. The Kier molecular flexibility index (Phi) is 3.25. The van der Waals surface area contributed by atoms with Crippen LogP contribution in [0.2, 0.25) is 0 Å². The van der Waals surface area contributed by atoms with Crippen molar-refractivity contribution in [2.75, 3.05) is 11.5 Å². The van der Waals surface area contributed by atoms with Crippen molar-refractivity contribution in [3.8, 4) is 5.75 Å². The lowest BCUT2D eigenvalue weighted by atomic mass is 10.1. The maximum atomic E-state index is 11.4. The van der Waals surface area contributed by atoms with Crippen LogP contribution in [0.1, 0.15) is 0 Å². The average molecular weight is 334 g/mol. The van der Waals surface area contributed by atoms with Crippen molar-refractivity contribution >= 4 is 42.4 Å². The van der Waals surface area contributed by atoms with Gasteiger partial charge in [-0.2, -0.15) is 16.8 Å². The summed E-state index contributed by atoms with van der Waals surface area (Å²) in [5.41, 5.74) is 9.63. The molecule has 0 spiro atoms. The molecule has 7 N–H and O–H groups in total. The Bertz CT molecular complexity index is 965. The molecule has 0 radical (unpaired) electrons. The Morgan fingerprint density at radius 2 is 1.48 bits per heavy atom. The number of hydrogen-bond donors (Lipinski definition) is 5. The van der Waals surface area contributed by atoms with Crippen LogP contribution in [0.15, 0.2) is 28.0 Å². The standard InChI is InChI=1S/C10H10N2O7S2/c11-7-8(12)10(21(17,18)19)4-2-1-3-5(20(14,15)16)6(4)9(7)13/h1-3,13H,11-12H2,(H,14,15,16)(H,17,18,19). The van der Waals surface area contributed by atoms with Gasteiger partial charge in [-0.05, 0) is 6.07 Å². The first-order valence-corrected chi connectivity index (χ1v) is 8.12. The number of benzene rings is 2. The van der Waals surface area contributed by atoms with Crippen LogP contribution in [0.5, 0.6) is 5.75 Å². The van der Waals surface area contributed by atoms with Gasteiger partial charge in [-0.1, -0.05) is 12.1 Å². The quantitative estimate of drug-likeness (QED) is 0.291. The molecule has 0 amide bonds. The molecular weight excluding hydrogens is 324 g/mol. The molecule has 0 heterocycles. The maximum Gasteiger partial charge on any atom is 0.297 e. The van der Waals surface area contributed by atoms with E-state index in [9.17, 15) is 26.5 Å². The molecule has 0 saturated carbocycles. The molecule has 21 heavy (non-hydrogen) atoms. The summed E-state index contributed by atoms with van der Waals surface area (Å²) >= 11 is 0. The van der Waals surface area contributed by atoms with Crippen LogP contribution < -0.4 is 11.5 Å². The number of rotatable bonds is 2. The average Bonchev–Trinajstić information content (AvgIpc) is 2.32. The van der Waals surface area contributed by atoms with E-state index in [-0.39, 0.29) is 0 Å². The molecule has 0 aromatic heterocycles. The maximum absolute atomic E-state index is 11.4. The van der Waals surface area contributed by atoms with E-state index >= 15 is 0 Å². The highest BCUT2D eigenvalue weighted by Crippen LogP contribution is 2.43. The second kappa shape index (κ2) is 4.46. The number of hydrogen-bond acceptors (Lipinski definition) is 7. The van der Waals surface area contributed by atoms with Crippen molar-refractivity contribution in [2.45, 2.75) is 9.79 Å². The van der Waals surface area contributed by atoms with Gasteiger partial charge in [-0.3, -0.25) is 9.11 Å². The van der Waals surface area contributed by atoms with Crippen LogP contribution in [0.3, 0.4) is 0 Å². The summed E-state index contributed by atoms with van der Waals surface area (Å²) < 4.78 is 63.8. The van der Waals surface area contributed by atoms with Crippen LogP contribution in [0, 0.1) is 0 Å². The van der Waals surface area contributed by atoms with Gasteiger partial charge in [0.05, 0.1) is 11.4 Å². The van der Waals surface area contributed by atoms with Gasteiger partial charge in [0.1, 0.15) is 15.5 Å². The van der Waals surface area contributed by atoms with E-state index in [1.807, 2.05) is 0 Å². The van der Waals surface area contributed by atoms with Crippen LogP contribution in [-0.2, 0) is 20.2 Å². The van der Waals surface area contributed by atoms with Crippen LogP contribution in [0.4, 0.5) is 11.4 Å². The number of phenols is 1. The van der Waals surface area contributed by atoms with Crippen LogP contribution in [0.25, 0.3) is 10.8 Å². The largest absolute Gasteiger partial charge is 0.505 e. The molecule has 9 nitrogen and oxygen atoms in total. The SMILES string of the molecule is Nc1c(N)c(O)c2c(S(=O)(=O)O)cccc2c1S(=O)(=O)O. The third-order valence-corrected chi connectivity index (χ3v) is 4.69. The summed E-state index contributed by atoms with van der Waals surface area (Å²) in [6, 6.07) is 3.14. The van der Waals surface area contributed by atoms with Crippen LogP contribution in [-0.4, -0.2) is 31.0 Å². The normalized spacial score (nSPS) is 12.7. The van der Waals surface area contributed by atoms with E-state index in [0.717, 1.165) is 18.2 Å². The number of fused-ring (bicyclic) bond motifs is 1. The number of anilines is 2. The van der Waals surface area contributed by atoms with Crippen molar-refractivity contribution in [1.82, 2.24) is 0 Å². The van der Waals surface area contributed by atoms with Gasteiger partial charge >= 0.3 is 0 Å². The van der Waals surface area contributed by atoms with E-state index in [1.165, 1.54) is 0 Å². The lowest BCUT2D eigenvalue weighted by molar-refractivity contribution is 0.474. The molecule has 0 aliphatic heterocycles. The number of nitrogens with two attached hydrogens (primary N) is 2. The zero-order valence-electron chi connectivity index (χ0n) is 10.2. The lowest BCUT2D eigenvalue weighted by Crippen LogP contribution is -2.09. The zero-order chi connectivity index (χ0) is 16.2. The minimum absolute atomic E-state index is 0.392. The highest BCUT2D eigenvalue weighted by molar-refractivity contribution is 7.86. The topological polar surface area (TPSA) is 181 Å². The van der Waals surface area contributed by atoms with Crippen molar-refractivity contribution < 1.29 is 31.0 Å². The van der Waals surface area contributed by atoms with E-state index in [4.69, 9.17) is 16.0 Å². The first kappa shape index (κ1) is 15.3. The third-order valence-electron chi connectivity index (χ3n) is 2.83. The fourth-order valence-corrected chi connectivity index (χ4v) is 3.54. The van der Waals surface area contributed by atoms with Gasteiger partial charge in [-0.15, -0.1) is 0 Å². The molecule has 114 valence electrons. The molecule has 0 unspecified atom stereocenters. The zero-order valence-corrected chi connectivity index (χ0v) is 11.8. The molecule has 0 bridgehead atoms. The van der Waals surface area contributed by atoms with E-state index in [0.29, 0.717) is 0 Å². The van der Waals surface area contributed by atoms with Gasteiger partial charge in [0.15, 0.2) is 0 Å². The third kappa shape index (κ3) is 2.35. The Balaban J connectivity index is 3.25. The summed E-state index contributed by atoms with van der Waals surface area (Å²) in [6.07, 6.45) is 0. The molecule has 0 fully saturated rings. The van der Waals surface area contributed by atoms with Gasteiger partial charge < -0.3 is 16.6 Å². The van der Waals surface area contributed by atoms with Crippen molar-refractivity contribution in [3.05, 3.63) is 18.2 Å². The lowest BCUT2D eigenvalue weighted by Gasteiger charge is -2.14. The fourth-order valence-electron chi connectivity index (χ4n) is 1.99. The van der Waals surface area contributed by atoms with E-state index in [2.05, 4.69) is 0 Å². The van der Waals surface area contributed by atoms with Crippen molar-refractivity contribution in [1.29, 1.82) is 0 Å². The second-order valence-electron chi connectivity index (χ2n) is 4.13. The summed E-state index contributed by atoms with van der Waals surface area (Å²) in [5, 5.41) is 8.97. The smallest absolute Gasteiger partial charge is 0.297 e. The minimum atomic E-state index is -4.85. The Morgan fingerprint density at radius 1 is 0.905 bits per heavy atom. The highest BCUT2D eigenvalue weighted by atomic mass is 32.2. The molecule has 0 aliphatic rings. The minimum Gasteiger partial charge on any atom is -0.505 e. The predicted octanol–water partition coefficient (Wildman–Crippen LogP) is 0.203. The summed E-state index contributed by atoms with van der Waals surface area (Å²) in [4.78, 5) is -1.62. The van der Waals surface area contributed by atoms with Crippen molar-refractivity contribution in [3.63, 3.8) is 0 Å². The van der Waals surface area contributed by atoms with Crippen molar-refractivity contribution in [2.24, 2.45) is 0 Å². The van der Waals surface area contributed by atoms with Gasteiger partial charge in [0.2, 0.25) is 0 Å². The Labute approximate surface area is 119 Å². The summed E-state index contributed by atoms with van der Waals surface area (Å²) in [7, 11) is -9.63. The summed E-state index contributed by atoms with van der Waals surface area (Å²) in [6.45, 7) is 0. The first-order valence-electron chi connectivity index (χ1n) is 5.24.